The van der Waals surface area contributed by atoms with Crippen LogP contribution in [0.5, 0.6) is 5.75 Å². The van der Waals surface area contributed by atoms with Crippen molar-refractivity contribution in [2.24, 2.45) is 0 Å². The number of benzene rings is 2. The van der Waals surface area contributed by atoms with Crippen LogP contribution in [0.15, 0.2) is 45.6 Å². The van der Waals surface area contributed by atoms with Crippen molar-refractivity contribution in [3.8, 4) is 5.75 Å². The minimum absolute atomic E-state index is 0.0458. The van der Waals surface area contributed by atoms with E-state index in [1.165, 1.54) is 0 Å². The molecule has 32 heavy (non-hydrogen) atoms. The summed E-state index contributed by atoms with van der Waals surface area (Å²) in [5.74, 6) is 0.370. The molecule has 1 atom stereocenters. The van der Waals surface area contributed by atoms with Crippen molar-refractivity contribution in [2.45, 2.75) is 39.2 Å². The molecule has 1 unspecified atom stereocenters. The average molecular weight is 456 g/mol. The molecule has 2 aromatic carbocycles. The number of amides is 1. The van der Waals surface area contributed by atoms with E-state index in [-0.39, 0.29) is 23.7 Å². The number of nitrogens with zero attached hydrogens (tertiary/aromatic N) is 1. The number of unbranched alkanes of at least 4 members (excludes halogenated alkanes) is 1. The highest BCUT2D eigenvalue weighted by atomic mass is 35.5. The topological polar surface area (TPSA) is 80.0 Å². The van der Waals surface area contributed by atoms with Crippen molar-refractivity contribution in [3.05, 3.63) is 74.1 Å². The highest BCUT2D eigenvalue weighted by Gasteiger charge is 2.42. The fourth-order valence-electron chi connectivity index (χ4n) is 4.07. The molecule has 1 aromatic heterocycles. The van der Waals surface area contributed by atoms with Gasteiger partial charge in [-0.15, -0.1) is 0 Å². The molecule has 3 aromatic rings. The quantitative estimate of drug-likeness (QED) is 0.490. The second-order valence-corrected chi connectivity index (χ2v) is 8.43. The molecule has 0 fully saturated rings. The van der Waals surface area contributed by atoms with Gasteiger partial charge in [-0.1, -0.05) is 37.1 Å². The number of carbonyl (C=O) groups is 1. The Kier molecular flexibility index (Phi) is 6.53. The molecule has 1 N–H and O–H groups in total. The fourth-order valence-corrected chi connectivity index (χ4v) is 4.23. The third-order valence-corrected chi connectivity index (χ3v) is 6.15. The van der Waals surface area contributed by atoms with Gasteiger partial charge in [0, 0.05) is 18.2 Å². The van der Waals surface area contributed by atoms with Crippen molar-refractivity contribution in [1.82, 2.24) is 4.90 Å². The number of halogens is 1. The smallest absolute Gasteiger partial charge is 0.290 e. The number of ether oxygens (including phenoxy) is 1. The molecule has 0 radical (unpaired) electrons. The van der Waals surface area contributed by atoms with Gasteiger partial charge in [0.25, 0.3) is 5.91 Å². The first-order chi connectivity index (χ1) is 15.5. The molecular weight excluding hydrogens is 430 g/mol. The molecule has 168 valence electrons. The van der Waals surface area contributed by atoms with E-state index < -0.39 is 6.04 Å². The van der Waals surface area contributed by atoms with Crippen molar-refractivity contribution in [3.63, 3.8) is 0 Å². The molecule has 6 nitrogen and oxygen atoms in total. The third kappa shape index (κ3) is 4.00. The maximum Gasteiger partial charge on any atom is 0.290 e. The van der Waals surface area contributed by atoms with Crippen LogP contribution >= 0.6 is 11.6 Å². The molecule has 2 heterocycles. The first-order valence-electron chi connectivity index (χ1n) is 10.9. The molecule has 0 spiro atoms. The van der Waals surface area contributed by atoms with E-state index in [0.29, 0.717) is 46.9 Å². The molecule has 1 aliphatic heterocycles. The average Bonchev–Trinajstić information content (AvgIpc) is 3.06. The summed E-state index contributed by atoms with van der Waals surface area (Å²) in [7, 11) is 0. The molecule has 0 saturated heterocycles. The molecule has 1 amide bonds. The van der Waals surface area contributed by atoms with Crippen LogP contribution < -0.4 is 10.2 Å². The standard InChI is InChI=1S/C25H26ClNO5/c1-3-4-11-31-17-8-5-7-16(13-17)22-21-23(29)18-14-19(26)15(2)12-20(18)32-24(21)25(30)27(22)9-6-10-28/h5,7-8,12-14,22,28H,3-4,6,9-11H2,1-2H3. The largest absolute Gasteiger partial charge is 0.494 e. The lowest BCUT2D eigenvalue weighted by Crippen LogP contribution is -2.31. The predicted octanol–water partition coefficient (Wildman–Crippen LogP) is 4.86. The monoisotopic (exact) mass is 455 g/mol. The second-order valence-electron chi connectivity index (χ2n) is 8.02. The highest BCUT2D eigenvalue weighted by molar-refractivity contribution is 6.32. The number of fused-ring (bicyclic) bond motifs is 2. The van der Waals surface area contributed by atoms with Crippen LogP contribution in [0.1, 0.15) is 59.5 Å². The first-order valence-corrected chi connectivity index (χ1v) is 11.3. The Bertz CT molecular complexity index is 1220. The van der Waals surface area contributed by atoms with Gasteiger partial charge in [-0.2, -0.15) is 0 Å². The van der Waals surface area contributed by atoms with E-state index in [9.17, 15) is 14.7 Å². The lowest BCUT2D eigenvalue weighted by molar-refractivity contribution is 0.0716. The van der Waals surface area contributed by atoms with Crippen molar-refractivity contribution < 1.29 is 19.1 Å². The molecular formula is C25H26ClNO5. The summed E-state index contributed by atoms with van der Waals surface area (Å²) in [6, 6.07) is 10.1. The maximum atomic E-state index is 13.6. The summed E-state index contributed by atoms with van der Waals surface area (Å²) >= 11 is 6.27. The van der Waals surface area contributed by atoms with Crippen molar-refractivity contribution in [1.29, 1.82) is 0 Å². The van der Waals surface area contributed by atoms with Crippen LogP contribution in [0, 0.1) is 6.92 Å². The Morgan fingerprint density at radius 1 is 1.19 bits per heavy atom. The maximum absolute atomic E-state index is 13.6. The summed E-state index contributed by atoms with van der Waals surface area (Å²) < 4.78 is 11.8. The Morgan fingerprint density at radius 3 is 2.75 bits per heavy atom. The number of aryl methyl sites for hydroxylation is 1. The first kappa shape index (κ1) is 22.4. The van der Waals surface area contributed by atoms with E-state index >= 15 is 0 Å². The fraction of sp³-hybridized carbons (Fsp3) is 0.360. The molecule has 0 bridgehead atoms. The van der Waals surface area contributed by atoms with E-state index in [2.05, 4.69) is 6.92 Å². The van der Waals surface area contributed by atoms with Gasteiger partial charge >= 0.3 is 0 Å². The van der Waals surface area contributed by atoms with E-state index in [1.807, 2.05) is 31.2 Å². The van der Waals surface area contributed by atoms with Crippen LogP contribution in [-0.4, -0.2) is 35.7 Å². The summed E-state index contributed by atoms with van der Waals surface area (Å²) in [6.45, 7) is 4.74. The number of carbonyl (C=O) groups excluding carboxylic acids is 1. The summed E-state index contributed by atoms with van der Waals surface area (Å²) in [4.78, 5) is 28.4. The minimum atomic E-state index is -0.625. The summed E-state index contributed by atoms with van der Waals surface area (Å²) in [5.41, 5.74) is 1.88. The minimum Gasteiger partial charge on any atom is -0.494 e. The van der Waals surface area contributed by atoms with Gasteiger partial charge in [-0.3, -0.25) is 9.59 Å². The van der Waals surface area contributed by atoms with E-state index in [0.717, 1.165) is 24.0 Å². The molecule has 0 saturated carbocycles. The number of hydrogen-bond donors (Lipinski definition) is 1. The van der Waals surface area contributed by atoms with Crippen LogP contribution in [0.4, 0.5) is 0 Å². The Morgan fingerprint density at radius 2 is 2.00 bits per heavy atom. The zero-order chi connectivity index (χ0) is 22.8. The lowest BCUT2D eigenvalue weighted by atomic mass is 9.98. The molecule has 0 aliphatic carbocycles. The number of hydrogen-bond acceptors (Lipinski definition) is 5. The molecule has 7 heteroatoms. The normalized spacial score (nSPS) is 15.4. The van der Waals surface area contributed by atoms with Crippen LogP contribution in [-0.2, 0) is 0 Å². The van der Waals surface area contributed by atoms with E-state index in [1.54, 1.807) is 17.0 Å². The van der Waals surface area contributed by atoms with Gasteiger partial charge in [0.2, 0.25) is 5.76 Å². The van der Waals surface area contributed by atoms with Gasteiger partial charge in [0.05, 0.1) is 23.6 Å². The van der Waals surface area contributed by atoms with Gasteiger partial charge in [0.15, 0.2) is 5.43 Å². The van der Waals surface area contributed by atoms with Crippen LogP contribution in [0.3, 0.4) is 0 Å². The number of aliphatic hydroxyl groups excluding tert-OH is 1. The van der Waals surface area contributed by atoms with Gasteiger partial charge in [0.1, 0.15) is 11.3 Å². The van der Waals surface area contributed by atoms with Gasteiger partial charge < -0.3 is 19.2 Å². The molecule has 1 aliphatic rings. The van der Waals surface area contributed by atoms with Gasteiger partial charge in [-0.05, 0) is 55.2 Å². The van der Waals surface area contributed by atoms with Crippen molar-refractivity contribution >= 4 is 28.5 Å². The van der Waals surface area contributed by atoms with Crippen LogP contribution in [0.2, 0.25) is 5.02 Å². The molecule has 4 rings (SSSR count). The third-order valence-electron chi connectivity index (χ3n) is 5.74. The second kappa shape index (κ2) is 9.35. The van der Waals surface area contributed by atoms with Crippen LogP contribution in [0.25, 0.3) is 11.0 Å². The lowest BCUT2D eigenvalue weighted by Gasteiger charge is -2.25. The SMILES string of the molecule is CCCCOc1cccc(C2c3c(oc4cc(C)c(Cl)cc4c3=O)C(=O)N2CCCO)c1. The van der Waals surface area contributed by atoms with E-state index in [4.69, 9.17) is 20.8 Å². The van der Waals surface area contributed by atoms with Crippen molar-refractivity contribution in [2.75, 3.05) is 19.8 Å². The Balaban J connectivity index is 1.87. The number of rotatable bonds is 8. The summed E-state index contributed by atoms with van der Waals surface area (Å²) in [6.07, 6.45) is 2.35. The Hall–Kier alpha value is -2.83. The summed E-state index contributed by atoms with van der Waals surface area (Å²) in [5, 5.41) is 10.2. The zero-order valence-electron chi connectivity index (χ0n) is 18.2. The zero-order valence-corrected chi connectivity index (χ0v) is 18.9. The predicted molar refractivity (Wildman–Crippen MR) is 124 cm³/mol. The Labute approximate surface area is 191 Å². The highest BCUT2D eigenvalue weighted by Crippen LogP contribution is 2.39. The number of aliphatic hydroxyl groups is 1. The van der Waals surface area contributed by atoms with Gasteiger partial charge in [-0.25, -0.2) is 0 Å².